The molecule has 0 aliphatic carbocycles. The molecule has 0 saturated carbocycles. The highest BCUT2D eigenvalue weighted by Crippen LogP contribution is 2.37. The molecule has 94 valence electrons. The second-order valence-corrected chi connectivity index (χ2v) is 7.26. The predicted octanol–water partition coefficient (Wildman–Crippen LogP) is 2.94. The molecule has 1 aromatic carbocycles. The summed E-state index contributed by atoms with van der Waals surface area (Å²) in [5, 5.41) is 0. The van der Waals surface area contributed by atoms with Gasteiger partial charge in [0.05, 0.1) is 11.8 Å². The van der Waals surface area contributed by atoms with E-state index in [4.69, 9.17) is 0 Å². The van der Waals surface area contributed by atoms with Crippen LogP contribution in [-0.2, 0) is 10.0 Å². The highest BCUT2D eigenvalue weighted by atomic mass is 79.9. The largest absolute Gasteiger partial charge is 0.214 e. The maximum atomic E-state index is 12.0. The van der Waals surface area contributed by atoms with Crippen molar-refractivity contribution in [1.29, 1.82) is 0 Å². The summed E-state index contributed by atoms with van der Waals surface area (Å²) < 4.78 is 26.6. The minimum absolute atomic E-state index is 0.00414. The summed E-state index contributed by atoms with van der Waals surface area (Å²) in [4.78, 5) is 0. The first-order valence-electron chi connectivity index (χ1n) is 5.80. The van der Waals surface area contributed by atoms with Crippen LogP contribution in [0.3, 0.4) is 0 Å². The topological polar surface area (TPSA) is 37.4 Å². The quantitative estimate of drug-likeness (QED) is 0.859. The third-order valence-corrected chi connectivity index (χ3v) is 5.79. The van der Waals surface area contributed by atoms with Crippen LogP contribution in [0.5, 0.6) is 0 Å². The lowest BCUT2D eigenvalue weighted by atomic mass is 10.1. The highest BCUT2D eigenvalue weighted by molar-refractivity contribution is 9.10. The molecule has 0 aromatic heterocycles. The summed E-state index contributed by atoms with van der Waals surface area (Å²) in [5.41, 5.74) is 1.07. The molecule has 1 aromatic rings. The average molecular weight is 318 g/mol. The molecule has 5 heteroatoms. The molecule has 1 heterocycles. The maximum Gasteiger partial charge on any atom is 0.214 e. The molecule has 1 saturated heterocycles. The Bertz CT molecular complexity index is 501. The van der Waals surface area contributed by atoms with E-state index >= 15 is 0 Å². The van der Waals surface area contributed by atoms with Crippen molar-refractivity contribution in [3.05, 3.63) is 34.3 Å². The summed E-state index contributed by atoms with van der Waals surface area (Å²) >= 11 is 3.50. The normalized spacial score (nSPS) is 21.9. The van der Waals surface area contributed by atoms with Crippen LogP contribution in [0.4, 0.5) is 0 Å². The fraction of sp³-hybridized carbons (Fsp3) is 0.500. The van der Waals surface area contributed by atoms with Gasteiger partial charge in [0.25, 0.3) is 0 Å². The van der Waals surface area contributed by atoms with Gasteiger partial charge in [0.1, 0.15) is 0 Å². The van der Waals surface area contributed by atoms with Gasteiger partial charge in [0.2, 0.25) is 10.0 Å². The van der Waals surface area contributed by atoms with Crippen molar-refractivity contribution < 1.29 is 8.42 Å². The number of halogens is 1. The molecule has 2 rings (SSSR count). The van der Waals surface area contributed by atoms with E-state index in [-0.39, 0.29) is 11.8 Å². The molecule has 1 fully saturated rings. The van der Waals surface area contributed by atoms with E-state index in [2.05, 4.69) is 15.9 Å². The van der Waals surface area contributed by atoms with E-state index in [9.17, 15) is 8.42 Å². The zero-order valence-electron chi connectivity index (χ0n) is 9.77. The fourth-order valence-electron chi connectivity index (χ4n) is 2.30. The van der Waals surface area contributed by atoms with Crippen LogP contribution in [0.2, 0.25) is 0 Å². The van der Waals surface area contributed by atoms with Crippen LogP contribution < -0.4 is 0 Å². The average Bonchev–Trinajstić information content (AvgIpc) is 2.79. The minimum atomic E-state index is -3.10. The summed E-state index contributed by atoms with van der Waals surface area (Å²) in [7, 11) is -3.10. The molecule has 0 bridgehead atoms. The molecule has 1 aliphatic heterocycles. The second kappa shape index (κ2) is 5.08. The molecular formula is C12H16BrNO2S. The van der Waals surface area contributed by atoms with Gasteiger partial charge in [0.15, 0.2) is 0 Å². The van der Waals surface area contributed by atoms with Crippen LogP contribution >= 0.6 is 15.9 Å². The first-order chi connectivity index (χ1) is 8.06. The predicted molar refractivity (Wildman–Crippen MR) is 72.3 cm³/mol. The molecule has 0 N–H and O–H groups in total. The van der Waals surface area contributed by atoms with Crippen molar-refractivity contribution in [2.24, 2.45) is 0 Å². The SMILES string of the molecule is CCS(=O)(=O)N1CCCC1c1ccccc1Br. The molecule has 0 spiro atoms. The van der Waals surface area contributed by atoms with E-state index in [0.717, 1.165) is 22.9 Å². The Hall–Kier alpha value is -0.390. The van der Waals surface area contributed by atoms with Gasteiger partial charge in [-0.05, 0) is 31.4 Å². The van der Waals surface area contributed by atoms with Crippen molar-refractivity contribution in [3.8, 4) is 0 Å². The third kappa shape index (κ3) is 2.56. The highest BCUT2D eigenvalue weighted by Gasteiger charge is 2.34. The maximum absolute atomic E-state index is 12.0. The number of benzene rings is 1. The molecule has 1 atom stereocenters. The molecule has 0 radical (unpaired) electrons. The number of nitrogens with zero attached hydrogens (tertiary/aromatic N) is 1. The Kier molecular flexibility index (Phi) is 3.90. The van der Waals surface area contributed by atoms with Gasteiger partial charge in [0, 0.05) is 11.0 Å². The van der Waals surface area contributed by atoms with Gasteiger partial charge >= 0.3 is 0 Å². The zero-order chi connectivity index (χ0) is 12.5. The van der Waals surface area contributed by atoms with Crippen LogP contribution in [0.1, 0.15) is 31.4 Å². The number of rotatable bonds is 3. The van der Waals surface area contributed by atoms with Crippen LogP contribution in [0.25, 0.3) is 0 Å². The fourth-order valence-corrected chi connectivity index (χ4v) is 4.19. The standard InChI is InChI=1S/C12H16BrNO2S/c1-2-17(15,16)14-9-5-8-12(14)10-6-3-4-7-11(10)13/h3-4,6-7,12H,2,5,8-9H2,1H3. The first-order valence-corrected chi connectivity index (χ1v) is 8.20. The van der Waals surface area contributed by atoms with Crippen molar-refractivity contribution in [3.63, 3.8) is 0 Å². The van der Waals surface area contributed by atoms with Gasteiger partial charge in [-0.1, -0.05) is 34.1 Å². The van der Waals surface area contributed by atoms with Gasteiger partial charge in [-0.25, -0.2) is 8.42 Å². The van der Waals surface area contributed by atoms with E-state index in [0.29, 0.717) is 6.54 Å². The molecular weight excluding hydrogens is 302 g/mol. The minimum Gasteiger partial charge on any atom is -0.212 e. The second-order valence-electron chi connectivity index (χ2n) is 4.19. The lowest BCUT2D eigenvalue weighted by Gasteiger charge is -2.24. The van der Waals surface area contributed by atoms with E-state index in [1.165, 1.54) is 0 Å². The Morgan fingerprint density at radius 2 is 2.12 bits per heavy atom. The molecule has 1 aliphatic rings. The Morgan fingerprint density at radius 1 is 1.41 bits per heavy atom. The third-order valence-electron chi connectivity index (χ3n) is 3.19. The molecule has 17 heavy (non-hydrogen) atoms. The Morgan fingerprint density at radius 3 is 2.76 bits per heavy atom. The zero-order valence-corrected chi connectivity index (χ0v) is 12.2. The van der Waals surface area contributed by atoms with Gasteiger partial charge < -0.3 is 0 Å². The van der Waals surface area contributed by atoms with Crippen molar-refractivity contribution in [1.82, 2.24) is 4.31 Å². The van der Waals surface area contributed by atoms with Crippen LogP contribution in [0, 0.1) is 0 Å². The summed E-state index contributed by atoms with van der Waals surface area (Å²) in [6, 6.07) is 7.86. The first kappa shape index (κ1) is 13.1. The Labute approximate surface area is 111 Å². The van der Waals surface area contributed by atoms with Gasteiger partial charge in [-0.2, -0.15) is 4.31 Å². The van der Waals surface area contributed by atoms with Gasteiger partial charge in [-0.3, -0.25) is 0 Å². The molecule has 1 unspecified atom stereocenters. The lowest BCUT2D eigenvalue weighted by molar-refractivity contribution is 0.396. The lowest BCUT2D eigenvalue weighted by Crippen LogP contribution is -2.32. The summed E-state index contributed by atoms with van der Waals surface area (Å²) in [5.74, 6) is 0.175. The van der Waals surface area contributed by atoms with E-state index in [1.807, 2.05) is 24.3 Å². The number of sulfonamides is 1. The number of hydrogen-bond donors (Lipinski definition) is 0. The molecule has 0 amide bonds. The van der Waals surface area contributed by atoms with Crippen LogP contribution in [0.15, 0.2) is 28.7 Å². The van der Waals surface area contributed by atoms with Crippen LogP contribution in [-0.4, -0.2) is 25.0 Å². The van der Waals surface area contributed by atoms with E-state index < -0.39 is 10.0 Å². The van der Waals surface area contributed by atoms with E-state index in [1.54, 1.807) is 11.2 Å². The summed E-state index contributed by atoms with van der Waals surface area (Å²) in [6.07, 6.45) is 1.84. The molecule has 3 nitrogen and oxygen atoms in total. The monoisotopic (exact) mass is 317 g/mol. The number of hydrogen-bond acceptors (Lipinski definition) is 2. The Balaban J connectivity index is 2.36. The van der Waals surface area contributed by atoms with Crippen molar-refractivity contribution in [2.75, 3.05) is 12.3 Å². The van der Waals surface area contributed by atoms with Gasteiger partial charge in [-0.15, -0.1) is 0 Å². The van der Waals surface area contributed by atoms with Crippen molar-refractivity contribution in [2.45, 2.75) is 25.8 Å². The van der Waals surface area contributed by atoms with Crippen molar-refractivity contribution >= 4 is 26.0 Å². The smallest absolute Gasteiger partial charge is 0.212 e. The summed E-state index contributed by atoms with van der Waals surface area (Å²) in [6.45, 7) is 2.34.